The highest BCUT2D eigenvalue weighted by Crippen LogP contribution is 2.26. The van der Waals surface area contributed by atoms with Gasteiger partial charge in [0.1, 0.15) is 10.8 Å². The van der Waals surface area contributed by atoms with Crippen LogP contribution in [0.2, 0.25) is 5.02 Å². The van der Waals surface area contributed by atoms with Crippen molar-refractivity contribution < 1.29 is 9.15 Å². The highest BCUT2D eigenvalue weighted by Gasteiger charge is 2.11. The number of nitrogens with zero attached hydrogens (tertiary/aromatic N) is 2. The van der Waals surface area contributed by atoms with Crippen molar-refractivity contribution in [3.63, 3.8) is 0 Å². The molecule has 25 heavy (non-hydrogen) atoms. The molecular formula is C19H16Cl2N2O2. The quantitative estimate of drug-likeness (QED) is 0.537. The van der Waals surface area contributed by atoms with Crippen LogP contribution in [0.4, 0.5) is 0 Å². The van der Waals surface area contributed by atoms with Crippen molar-refractivity contribution in [2.45, 2.75) is 13.3 Å². The van der Waals surface area contributed by atoms with E-state index in [4.69, 9.17) is 32.4 Å². The molecule has 0 atom stereocenters. The molecule has 6 heteroatoms. The number of aromatic nitrogens is 2. The summed E-state index contributed by atoms with van der Waals surface area (Å²) >= 11 is 12.2. The third-order valence-corrected chi connectivity index (χ3v) is 3.89. The maximum atomic E-state index is 6.30. The molecule has 0 saturated carbocycles. The maximum absolute atomic E-state index is 6.30. The maximum Gasteiger partial charge on any atom is 0.259 e. The normalized spacial score (nSPS) is 11.6. The van der Waals surface area contributed by atoms with Gasteiger partial charge in [-0.15, -0.1) is 10.2 Å². The van der Waals surface area contributed by atoms with Gasteiger partial charge in [-0.05, 0) is 54.5 Å². The van der Waals surface area contributed by atoms with Crippen molar-refractivity contribution in [2.24, 2.45) is 0 Å². The highest BCUT2D eigenvalue weighted by atomic mass is 35.5. The SMILES string of the molecule is CCCOc1ccc(/C=C(\Cl)c2nnc(-c3ccc(Cl)cc3)o2)cc1. The summed E-state index contributed by atoms with van der Waals surface area (Å²) in [5.41, 5.74) is 1.70. The zero-order valence-electron chi connectivity index (χ0n) is 13.6. The first-order valence-electron chi connectivity index (χ1n) is 7.85. The molecule has 128 valence electrons. The third-order valence-electron chi connectivity index (χ3n) is 3.37. The number of hydrogen-bond donors (Lipinski definition) is 0. The zero-order chi connectivity index (χ0) is 17.6. The van der Waals surface area contributed by atoms with E-state index in [1.54, 1.807) is 18.2 Å². The fourth-order valence-corrected chi connectivity index (χ4v) is 2.45. The van der Waals surface area contributed by atoms with Crippen molar-refractivity contribution in [3.8, 4) is 17.2 Å². The molecule has 0 aliphatic heterocycles. The number of ether oxygens (including phenoxy) is 1. The summed E-state index contributed by atoms with van der Waals surface area (Å²) in [6.07, 6.45) is 2.74. The average Bonchev–Trinajstić information content (AvgIpc) is 3.12. The Bertz CT molecular complexity index is 856. The van der Waals surface area contributed by atoms with Crippen LogP contribution in [-0.4, -0.2) is 16.8 Å². The second-order valence-electron chi connectivity index (χ2n) is 5.33. The second-order valence-corrected chi connectivity index (χ2v) is 6.17. The van der Waals surface area contributed by atoms with Gasteiger partial charge in [0, 0.05) is 10.6 Å². The number of halogens is 2. The molecule has 1 heterocycles. The van der Waals surface area contributed by atoms with Gasteiger partial charge in [-0.3, -0.25) is 0 Å². The standard InChI is InChI=1S/C19H16Cl2N2O2/c1-2-11-24-16-9-3-13(4-10-16)12-17(21)19-23-22-18(25-19)14-5-7-15(20)8-6-14/h3-10,12H,2,11H2,1H3/b17-12-. The molecule has 0 aliphatic rings. The number of hydrogen-bond acceptors (Lipinski definition) is 4. The molecule has 0 spiro atoms. The van der Waals surface area contributed by atoms with Crippen LogP contribution in [0.5, 0.6) is 5.75 Å². The van der Waals surface area contributed by atoms with E-state index in [0.29, 0.717) is 22.6 Å². The lowest BCUT2D eigenvalue weighted by molar-refractivity contribution is 0.317. The van der Waals surface area contributed by atoms with Crippen LogP contribution in [0, 0.1) is 0 Å². The molecule has 0 radical (unpaired) electrons. The van der Waals surface area contributed by atoms with Crippen molar-refractivity contribution in [1.82, 2.24) is 10.2 Å². The Kier molecular flexibility index (Phi) is 5.74. The predicted molar refractivity (Wildman–Crippen MR) is 101 cm³/mol. The summed E-state index contributed by atoms with van der Waals surface area (Å²) in [7, 11) is 0. The highest BCUT2D eigenvalue weighted by molar-refractivity contribution is 6.50. The van der Waals surface area contributed by atoms with Crippen LogP contribution in [0.15, 0.2) is 52.9 Å². The molecule has 0 bridgehead atoms. The smallest absolute Gasteiger partial charge is 0.259 e. The van der Waals surface area contributed by atoms with E-state index in [2.05, 4.69) is 17.1 Å². The van der Waals surface area contributed by atoms with E-state index >= 15 is 0 Å². The van der Waals surface area contributed by atoms with E-state index in [-0.39, 0.29) is 5.89 Å². The van der Waals surface area contributed by atoms with Crippen LogP contribution in [0.1, 0.15) is 24.8 Å². The molecule has 0 amide bonds. The first kappa shape index (κ1) is 17.5. The molecule has 0 unspecified atom stereocenters. The van der Waals surface area contributed by atoms with E-state index in [1.807, 2.05) is 36.4 Å². The topological polar surface area (TPSA) is 48.2 Å². The molecule has 0 aliphatic carbocycles. The van der Waals surface area contributed by atoms with Gasteiger partial charge in [-0.2, -0.15) is 0 Å². The van der Waals surface area contributed by atoms with Crippen molar-refractivity contribution in [3.05, 3.63) is 65.0 Å². The Morgan fingerprint density at radius 3 is 2.48 bits per heavy atom. The van der Waals surface area contributed by atoms with Crippen LogP contribution >= 0.6 is 23.2 Å². The monoisotopic (exact) mass is 374 g/mol. The van der Waals surface area contributed by atoms with Crippen LogP contribution < -0.4 is 4.74 Å². The Balaban J connectivity index is 1.75. The molecule has 0 N–H and O–H groups in total. The third kappa shape index (κ3) is 4.62. The molecule has 1 aromatic heterocycles. The first-order chi connectivity index (χ1) is 12.2. The van der Waals surface area contributed by atoms with Gasteiger partial charge in [0.05, 0.1) is 6.61 Å². The van der Waals surface area contributed by atoms with Gasteiger partial charge in [0.15, 0.2) is 0 Å². The van der Waals surface area contributed by atoms with Crippen LogP contribution in [0.25, 0.3) is 22.6 Å². The summed E-state index contributed by atoms with van der Waals surface area (Å²) in [6.45, 7) is 2.77. The van der Waals surface area contributed by atoms with E-state index in [9.17, 15) is 0 Å². The van der Waals surface area contributed by atoms with Crippen molar-refractivity contribution in [2.75, 3.05) is 6.61 Å². The molecule has 3 rings (SSSR count). The Morgan fingerprint density at radius 2 is 1.80 bits per heavy atom. The zero-order valence-corrected chi connectivity index (χ0v) is 15.1. The molecular weight excluding hydrogens is 359 g/mol. The summed E-state index contributed by atoms with van der Waals surface area (Å²) in [5, 5.41) is 9.03. The molecule has 3 aromatic rings. The van der Waals surface area contributed by atoms with E-state index < -0.39 is 0 Å². The second kappa shape index (κ2) is 8.19. The van der Waals surface area contributed by atoms with Crippen molar-refractivity contribution >= 4 is 34.3 Å². The first-order valence-corrected chi connectivity index (χ1v) is 8.61. The minimum absolute atomic E-state index is 0.262. The molecule has 0 fully saturated rings. The molecule has 0 saturated heterocycles. The lowest BCUT2D eigenvalue weighted by atomic mass is 10.2. The van der Waals surface area contributed by atoms with E-state index in [1.165, 1.54) is 0 Å². The van der Waals surface area contributed by atoms with Gasteiger partial charge in [0.25, 0.3) is 5.89 Å². The lowest BCUT2D eigenvalue weighted by Crippen LogP contribution is -1.94. The fraction of sp³-hybridized carbons (Fsp3) is 0.158. The van der Waals surface area contributed by atoms with E-state index in [0.717, 1.165) is 23.3 Å². The van der Waals surface area contributed by atoms with Crippen molar-refractivity contribution in [1.29, 1.82) is 0 Å². The summed E-state index contributed by atoms with van der Waals surface area (Å²) < 4.78 is 11.2. The number of rotatable bonds is 6. The minimum Gasteiger partial charge on any atom is -0.494 e. The van der Waals surface area contributed by atoms with Gasteiger partial charge < -0.3 is 9.15 Å². The van der Waals surface area contributed by atoms with Gasteiger partial charge in [-0.25, -0.2) is 0 Å². The average molecular weight is 375 g/mol. The summed E-state index contributed by atoms with van der Waals surface area (Å²) in [6, 6.07) is 14.8. The molecule has 2 aromatic carbocycles. The minimum atomic E-state index is 0.262. The summed E-state index contributed by atoms with van der Waals surface area (Å²) in [4.78, 5) is 0. The van der Waals surface area contributed by atoms with Gasteiger partial charge in [0.2, 0.25) is 5.89 Å². The predicted octanol–water partition coefficient (Wildman–Crippen LogP) is 5.92. The van der Waals surface area contributed by atoms with Gasteiger partial charge >= 0.3 is 0 Å². The van der Waals surface area contributed by atoms with Gasteiger partial charge in [-0.1, -0.05) is 42.3 Å². The molecule has 4 nitrogen and oxygen atoms in total. The largest absolute Gasteiger partial charge is 0.494 e. The summed E-state index contributed by atoms with van der Waals surface area (Å²) in [5.74, 6) is 1.48. The Labute approximate surface area is 156 Å². The van der Waals surface area contributed by atoms with Crippen LogP contribution in [0.3, 0.4) is 0 Å². The lowest BCUT2D eigenvalue weighted by Gasteiger charge is -2.04. The van der Waals surface area contributed by atoms with Crippen LogP contribution in [-0.2, 0) is 0 Å². The number of benzene rings is 2. The Morgan fingerprint density at radius 1 is 1.08 bits per heavy atom. The Hall–Kier alpha value is -2.30. The fourth-order valence-electron chi connectivity index (χ4n) is 2.12.